The number of thiocarbonyl (C=S) groups is 1. The first-order valence-electron chi connectivity index (χ1n) is 43.9. The van der Waals surface area contributed by atoms with Crippen LogP contribution >= 0.6 is 28.1 Å². The number of rotatable bonds is 12. The van der Waals surface area contributed by atoms with Crippen LogP contribution in [0.4, 0.5) is 76.1 Å². The summed E-state index contributed by atoms with van der Waals surface area (Å²) < 4.78 is 85.3. The van der Waals surface area contributed by atoms with E-state index in [1.807, 2.05) is 27.7 Å². The van der Waals surface area contributed by atoms with Gasteiger partial charge in [0.25, 0.3) is 40.0 Å². The number of amidine groups is 1. The molecule has 0 radical (unpaired) electrons. The molecule has 0 saturated carbocycles. The average molecular weight is 2120 g/mol. The van der Waals surface area contributed by atoms with Crippen molar-refractivity contribution in [2.24, 2.45) is 24.9 Å². The number of nitro groups is 6. The number of hydrogen-bond donors (Lipinski definition) is 10. The standard InChI is InChI=1S/C14H17N3O5.C12H12N4O4.C12H14N4O2.C11H10N4O4.C10H10N2O4.C10H10N2O3S.C6H11BrO2.C6H6N2O3.C3H8N2O2.C2H6O.2CH3F/c1-4-21-12(18)8-15-13-14(2,3)22-11-6-5-9(17(19)20)7-10(11)16-13;1-12(2)10-13-14(3)11(17)15(10)8-6-7(16(18)19)4-5-9(8)20-12;1-12(2)10-14-15(3)11(17)16(10)8-6-7(13)4-5-9(8)18-12;1-11(2)9-12-13-10(16)14(9)7-5-6(15(17)18)3-4-8(7)19-11;1-10(2)9(13)11-7-5-6(12(14)15)3-4-8(7)16-10;1-10(2)9(16)11-7-5-6(12(13)14)3-4-8(7)15-10;1-4-9-5(8)6(2,3)7;7-5-3-4(8(10)11)1-2-6(5)9;1-2-7-3(6)5-4;1-2-3;2*1-2/h5-7H,4,8H2,1-3H3,(H,15,16);4-6H,1-3H3;4-6H,13H2,1-3H3;3-5H,1-2H3,(H,13,16);3-5H,1-2H3,(H,11,13);3-5H,1-2H3,(H,11,16);4H2,1-3H3;1-3,9H,7H2;2,4H2,1H3,(H,5,6);3H,2H2,1H3;2*1H3/i;;;;;;;;;;2*1D. The third-order valence-electron chi connectivity index (χ3n) is 19.3. The summed E-state index contributed by atoms with van der Waals surface area (Å²) in [6.45, 7) is 33.0. The number of benzene rings is 7. The molecular formula is C88H110BrF2N23O30S. The van der Waals surface area contributed by atoms with E-state index in [2.05, 4.69) is 67.8 Å². The van der Waals surface area contributed by atoms with E-state index in [1.165, 1.54) is 123 Å². The molecule has 0 unspecified atom stereocenters. The summed E-state index contributed by atoms with van der Waals surface area (Å²) in [6.07, 6.45) is -0.595. The highest BCUT2D eigenvalue weighted by Crippen LogP contribution is 2.44. The summed E-state index contributed by atoms with van der Waals surface area (Å²) in [7, 11) is 1.15. The number of aliphatic hydroxyl groups is 1. The Balaban J connectivity index is 0.000000292. The molecule has 784 valence electrons. The fourth-order valence-electron chi connectivity index (χ4n) is 12.5. The Morgan fingerprint density at radius 3 is 1.23 bits per heavy atom. The number of amides is 2. The van der Waals surface area contributed by atoms with Crippen molar-refractivity contribution in [1.29, 1.82) is 0 Å². The van der Waals surface area contributed by atoms with Gasteiger partial charge in [-0.15, -0.1) is 0 Å². The number of aromatic nitrogens is 9. The zero-order chi connectivity index (χ0) is 111. The first-order chi connectivity index (χ1) is 68.4. The van der Waals surface area contributed by atoms with Crippen molar-refractivity contribution in [2.45, 2.75) is 163 Å². The Kier molecular flexibility index (Phi) is 39.8. The number of H-pyrrole nitrogens is 1. The number of aromatic amines is 1. The highest BCUT2D eigenvalue weighted by molar-refractivity contribution is 9.10. The van der Waals surface area contributed by atoms with Gasteiger partial charge in [0.1, 0.15) is 73.3 Å². The Bertz CT molecular complexity index is 6640. The van der Waals surface area contributed by atoms with Gasteiger partial charge in [-0.3, -0.25) is 94.3 Å². The van der Waals surface area contributed by atoms with E-state index in [9.17, 15) is 103 Å². The number of carbonyl (C=O) groups is 4. The van der Waals surface area contributed by atoms with Crippen molar-refractivity contribution in [3.63, 3.8) is 0 Å². The van der Waals surface area contributed by atoms with Crippen molar-refractivity contribution in [3.8, 4) is 57.3 Å². The van der Waals surface area contributed by atoms with E-state index in [1.54, 1.807) is 138 Å². The van der Waals surface area contributed by atoms with Crippen LogP contribution in [0.3, 0.4) is 0 Å². The Morgan fingerprint density at radius 2 is 0.848 bits per heavy atom. The maximum absolute atomic E-state index is 12.2. The molecule has 57 heteroatoms. The number of nitrogens with two attached hydrogens (primary N) is 3. The lowest BCUT2D eigenvalue weighted by Gasteiger charge is -2.34. The number of aliphatic hydroxyl groups excluding tert-OH is 1. The first kappa shape index (κ1) is 115. The van der Waals surface area contributed by atoms with Gasteiger partial charge >= 0.3 is 35.1 Å². The smallest absolute Gasteiger partial charge is 0.421 e. The van der Waals surface area contributed by atoms with Crippen LogP contribution in [0.15, 0.2) is 147 Å². The number of aryl methyl sites for hydroxylation is 2. The van der Waals surface area contributed by atoms with Crippen LogP contribution in [0.1, 0.15) is 145 Å². The van der Waals surface area contributed by atoms with Gasteiger partial charge in [0.2, 0.25) is 0 Å². The molecule has 6 aliphatic rings. The summed E-state index contributed by atoms with van der Waals surface area (Å²) in [5.41, 5.74) is 9.96. The van der Waals surface area contributed by atoms with Gasteiger partial charge in [-0.05, 0) is 179 Å². The van der Waals surface area contributed by atoms with Crippen LogP contribution in [0.5, 0.6) is 40.2 Å². The van der Waals surface area contributed by atoms with Gasteiger partial charge in [-0.2, -0.15) is 15.3 Å². The Labute approximate surface area is 840 Å². The Hall–Kier alpha value is -16.7. The van der Waals surface area contributed by atoms with Crippen molar-refractivity contribution in [1.82, 2.24) is 48.9 Å². The molecule has 0 saturated heterocycles. The van der Waals surface area contributed by atoms with Crippen LogP contribution in [-0.4, -0.2) is 186 Å². The van der Waals surface area contributed by atoms with E-state index in [0.717, 1.165) is 6.07 Å². The third-order valence-corrected chi connectivity index (χ3v) is 20.2. The molecule has 2 amide bonds. The molecule has 145 heavy (non-hydrogen) atoms. The number of nitrogens with zero attached hydrogens (tertiary/aromatic N) is 15. The zero-order valence-electron chi connectivity index (χ0n) is 83.9. The maximum Gasteiger partial charge on any atom is 0.421 e. The number of fused-ring (bicyclic) bond motifs is 12. The molecule has 0 fully saturated rings. The van der Waals surface area contributed by atoms with E-state index >= 15 is 0 Å². The summed E-state index contributed by atoms with van der Waals surface area (Å²) >= 11 is 8.29. The molecule has 10 aromatic rings. The number of halogens is 3. The average Bonchev–Trinajstić information content (AvgIpc) is 1.61. The maximum atomic E-state index is 12.2. The van der Waals surface area contributed by atoms with Gasteiger partial charge in [-0.1, -0.05) is 28.1 Å². The predicted molar refractivity (Wildman–Crippen MR) is 531 cm³/mol. The predicted octanol–water partition coefficient (Wildman–Crippen LogP) is 12.7. The molecule has 0 aliphatic carbocycles. The fourth-order valence-corrected chi connectivity index (χ4v) is 12.8. The molecule has 53 nitrogen and oxygen atoms in total. The minimum absolute atomic E-state index is 0.0114. The SMILES string of the molecule is CC1(C)Oc2ccc([N+](=O)[O-])cc2-n2c1n[nH]c2=O.CC1(C)Oc2ccc([N+](=O)[O-])cc2NC1=O.CC1(C)Oc2ccc([N+](=O)[O-])cc2NC1=S.CCO.CCOC(=O)C(C)(C)Br.CCOC(=O)CN=C1Nc2cc([N+](=O)[O-])ccc2OC1(C)C.CCOC(=O)NN.Cn1nc2n(c1=O)-c1cc(N)ccc1OC2(C)C.Cn1nc2n(c1=O)-c1cc([N+](=O)[O-])ccc1OC2(C)C.Nc1cc([N+](=O)[O-])ccc1O.[2H]CF.[2H]CF. The summed E-state index contributed by atoms with van der Waals surface area (Å²) in [5, 5.41) is 103. The molecular weight excluding hydrogens is 2010 g/mol. The number of aliphatic imine (C=N–C) groups is 1. The highest BCUT2D eigenvalue weighted by atomic mass is 79.9. The third kappa shape index (κ3) is 30.6. The fraction of sp³-hybridized carbons (Fsp3) is 0.386. The number of anilines is 5. The van der Waals surface area contributed by atoms with E-state index < -0.39 is 99.5 Å². The quantitative estimate of drug-likeness (QED) is 0.00519. The Morgan fingerprint density at radius 1 is 0.510 bits per heavy atom. The second-order valence-electron chi connectivity index (χ2n) is 33.2. The number of carbonyl (C=O) groups excluding carboxylic acids is 4. The minimum atomic E-state index is -1.00. The number of hydrazine groups is 1. The number of esters is 2. The van der Waals surface area contributed by atoms with Crippen LogP contribution in [0.25, 0.3) is 17.1 Å². The summed E-state index contributed by atoms with van der Waals surface area (Å²) in [6, 6.07) is 29.8. The number of phenolic OH excluding ortho intramolecular Hbond substituents is 1. The van der Waals surface area contributed by atoms with Gasteiger partial charge in [0.05, 0.1) is 94.8 Å². The minimum Gasteiger partial charge on any atom is -0.506 e. The zero-order valence-corrected chi connectivity index (χ0v) is 84.3. The number of alkyl halides is 3. The highest BCUT2D eigenvalue weighted by Gasteiger charge is 2.43. The molecule has 16 rings (SSSR count). The number of ether oxygens (including phenoxy) is 9. The number of hydrogen-bond acceptors (Lipinski definition) is 38. The summed E-state index contributed by atoms with van der Waals surface area (Å²) in [4.78, 5) is 145. The number of aromatic hydroxyl groups is 1. The number of non-ortho nitro benzene ring substituents is 6. The van der Waals surface area contributed by atoms with E-state index in [4.69, 9.17) is 74.5 Å². The summed E-state index contributed by atoms with van der Waals surface area (Å²) in [5.74, 6) is 8.26. The lowest BCUT2D eigenvalue weighted by atomic mass is 10.0. The lowest BCUT2D eigenvalue weighted by Crippen LogP contribution is -2.46. The van der Waals surface area contributed by atoms with E-state index in [0.29, 0.717) is 116 Å². The molecule has 0 atom stereocenters. The van der Waals surface area contributed by atoms with Gasteiger partial charge < -0.3 is 80.3 Å². The lowest BCUT2D eigenvalue weighted by molar-refractivity contribution is -0.385. The van der Waals surface area contributed by atoms with Crippen LogP contribution in [0.2, 0.25) is 0 Å². The molecule has 3 aromatic heterocycles. The molecule has 9 heterocycles. The normalized spacial score (nSPS) is 14.6. The second kappa shape index (κ2) is 50.1. The molecule has 0 spiro atoms. The van der Waals surface area contributed by atoms with E-state index in [-0.39, 0.29) is 88.6 Å². The van der Waals surface area contributed by atoms with Crippen molar-refractivity contribution in [2.75, 3.05) is 74.7 Å². The van der Waals surface area contributed by atoms with Gasteiger partial charge in [-0.25, -0.2) is 53.2 Å². The van der Waals surface area contributed by atoms with Gasteiger partial charge in [0, 0.05) is 99.2 Å². The molecule has 13 N–H and O–H groups in total. The van der Waals surface area contributed by atoms with Crippen LogP contribution < -0.4 is 84.2 Å². The molecule has 0 bridgehead atoms. The molecule has 6 aliphatic heterocycles. The van der Waals surface area contributed by atoms with Crippen molar-refractivity contribution < 1.29 is 113 Å². The number of nitro benzene ring substituents is 6. The molecule has 7 aromatic carbocycles. The second-order valence-corrected chi connectivity index (χ2v) is 35.6. The van der Waals surface area contributed by atoms with Gasteiger partial charge in [0.15, 0.2) is 51.1 Å². The van der Waals surface area contributed by atoms with Crippen molar-refractivity contribution in [3.05, 3.63) is 237 Å². The van der Waals surface area contributed by atoms with Crippen LogP contribution in [0, 0.1) is 60.7 Å². The number of phenols is 1. The van der Waals surface area contributed by atoms with Crippen LogP contribution in [-0.2, 0) is 59.5 Å². The topological polar surface area (TPSA) is 720 Å². The first-order valence-corrected chi connectivity index (χ1v) is 43.7. The number of nitrogen functional groups attached to an aromatic ring is 2. The van der Waals surface area contributed by atoms with Crippen molar-refractivity contribution >= 4 is 125 Å². The number of nitrogens with one attached hydrogen (secondary N) is 5. The monoisotopic (exact) mass is 2120 g/mol. The largest absolute Gasteiger partial charge is 0.506 e.